The first-order valence-corrected chi connectivity index (χ1v) is 9.44. The third-order valence-electron chi connectivity index (χ3n) is 4.48. The van der Waals surface area contributed by atoms with Crippen molar-refractivity contribution < 1.29 is 9.53 Å². The predicted octanol–water partition coefficient (Wildman–Crippen LogP) is 3.01. The molecule has 0 bridgehead atoms. The number of hydrogen-bond acceptors (Lipinski definition) is 5. The fourth-order valence-electron chi connectivity index (χ4n) is 3.03. The molecule has 6 heteroatoms. The minimum atomic E-state index is -0.338. The fourth-order valence-corrected chi connectivity index (χ4v) is 3.03. The molecule has 26 heavy (non-hydrogen) atoms. The Morgan fingerprint density at radius 1 is 1.08 bits per heavy atom. The molecular formula is C20H34N4O2. The predicted molar refractivity (Wildman–Crippen MR) is 104 cm³/mol. The van der Waals surface area contributed by atoms with E-state index in [1.807, 2.05) is 31.7 Å². The van der Waals surface area contributed by atoms with E-state index in [-0.39, 0.29) is 16.7 Å². The molecule has 1 saturated heterocycles. The molecule has 1 aromatic heterocycles. The van der Waals surface area contributed by atoms with Gasteiger partial charge in [-0.1, -0.05) is 41.5 Å². The minimum Gasteiger partial charge on any atom is -0.378 e. The Morgan fingerprint density at radius 2 is 1.77 bits per heavy atom. The van der Waals surface area contributed by atoms with Gasteiger partial charge >= 0.3 is 0 Å². The summed E-state index contributed by atoms with van der Waals surface area (Å²) >= 11 is 0. The van der Waals surface area contributed by atoms with Crippen LogP contribution in [0.2, 0.25) is 0 Å². The first-order chi connectivity index (χ1) is 12.0. The molecule has 0 spiro atoms. The highest BCUT2D eigenvalue weighted by Gasteiger charge is 2.29. The Balaban J connectivity index is 2.23. The van der Waals surface area contributed by atoms with Gasteiger partial charge in [0.15, 0.2) is 0 Å². The van der Waals surface area contributed by atoms with Crippen molar-refractivity contribution >= 4 is 11.7 Å². The molecular weight excluding hydrogens is 328 g/mol. The van der Waals surface area contributed by atoms with Crippen molar-refractivity contribution in [2.24, 2.45) is 5.41 Å². The summed E-state index contributed by atoms with van der Waals surface area (Å²) in [5, 5.41) is 0. The largest absolute Gasteiger partial charge is 0.378 e. The smallest absolute Gasteiger partial charge is 0.228 e. The standard InChI is InChI=1S/C20H34N4O2/c1-19(2,3)17-21-15(14-26-7)13-16(22-17)23-9-8-10-24(12-11-23)18(25)20(4,5)6/h13H,8-12,14H2,1-7H3. The van der Waals surface area contributed by atoms with Crippen molar-refractivity contribution in [1.82, 2.24) is 14.9 Å². The molecule has 0 aromatic carbocycles. The van der Waals surface area contributed by atoms with E-state index in [4.69, 9.17) is 9.72 Å². The molecule has 0 N–H and O–H groups in total. The third-order valence-corrected chi connectivity index (χ3v) is 4.48. The average molecular weight is 363 g/mol. The zero-order valence-corrected chi connectivity index (χ0v) is 17.4. The molecule has 0 saturated carbocycles. The Labute approximate surface area is 157 Å². The van der Waals surface area contributed by atoms with Gasteiger partial charge in [0, 0.05) is 50.2 Å². The second kappa shape index (κ2) is 7.91. The molecule has 1 aliphatic rings. The molecule has 146 valence electrons. The summed E-state index contributed by atoms with van der Waals surface area (Å²) < 4.78 is 5.29. The lowest BCUT2D eigenvalue weighted by Crippen LogP contribution is -2.41. The summed E-state index contributed by atoms with van der Waals surface area (Å²) in [5.74, 6) is 1.98. The van der Waals surface area contributed by atoms with Crippen LogP contribution in [0.25, 0.3) is 0 Å². The number of amides is 1. The second-order valence-corrected chi connectivity index (χ2v) is 9.11. The number of methoxy groups -OCH3 is 1. The van der Waals surface area contributed by atoms with Gasteiger partial charge in [-0.2, -0.15) is 0 Å². The van der Waals surface area contributed by atoms with Gasteiger partial charge < -0.3 is 14.5 Å². The summed E-state index contributed by atoms with van der Waals surface area (Å²) in [6.07, 6.45) is 0.941. The van der Waals surface area contributed by atoms with E-state index in [1.54, 1.807) is 7.11 Å². The van der Waals surface area contributed by atoms with Gasteiger partial charge in [0.25, 0.3) is 0 Å². The Morgan fingerprint density at radius 3 is 2.35 bits per heavy atom. The summed E-state index contributed by atoms with van der Waals surface area (Å²) in [7, 11) is 1.68. The first-order valence-electron chi connectivity index (χ1n) is 9.44. The lowest BCUT2D eigenvalue weighted by atomic mass is 9.94. The summed E-state index contributed by atoms with van der Waals surface area (Å²) in [5.41, 5.74) is 0.433. The van der Waals surface area contributed by atoms with E-state index in [1.165, 1.54) is 0 Å². The van der Waals surface area contributed by atoms with E-state index in [0.717, 1.165) is 49.9 Å². The minimum absolute atomic E-state index is 0.126. The van der Waals surface area contributed by atoms with Gasteiger partial charge in [-0.15, -0.1) is 0 Å². The van der Waals surface area contributed by atoms with Gasteiger partial charge in [0.2, 0.25) is 5.91 Å². The zero-order chi connectivity index (χ0) is 19.5. The number of hydrogen-bond donors (Lipinski definition) is 0. The molecule has 1 fully saturated rings. The molecule has 2 heterocycles. The van der Waals surface area contributed by atoms with Crippen LogP contribution in [-0.2, 0) is 21.6 Å². The maximum atomic E-state index is 12.6. The number of nitrogens with zero attached hydrogens (tertiary/aromatic N) is 4. The summed E-state index contributed by atoms with van der Waals surface area (Å²) in [6.45, 7) is 16.0. The number of rotatable bonds is 3. The van der Waals surface area contributed by atoms with Crippen LogP contribution in [0.4, 0.5) is 5.82 Å². The maximum absolute atomic E-state index is 12.6. The molecule has 0 unspecified atom stereocenters. The number of carbonyl (C=O) groups is 1. The van der Waals surface area contributed by atoms with Crippen molar-refractivity contribution in [3.05, 3.63) is 17.6 Å². The first kappa shape index (κ1) is 20.6. The highest BCUT2D eigenvalue weighted by Crippen LogP contribution is 2.24. The van der Waals surface area contributed by atoms with Gasteiger partial charge in [-0.3, -0.25) is 4.79 Å². The molecule has 1 amide bonds. The highest BCUT2D eigenvalue weighted by atomic mass is 16.5. The van der Waals surface area contributed by atoms with E-state index in [0.29, 0.717) is 6.61 Å². The van der Waals surface area contributed by atoms with E-state index in [2.05, 4.69) is 30.7 Å². The Hall–Kier alpha value is -1.69. The van der Waals surface area contributed by atoms with Gasteiger partial charge in [-0.25, -0.2) is 9.97 Å². The summed E-state index contributed by atoms with van der Waals surface area (Å²) in [4.78, 5) is 26.4. The number of aromatic nitrogens is 2. The number of ether oxygens (including phenoxy) is 1. The number of anilines is 1. The number of carbonyl (C=O) groups excluding carboxylic acids is 1. The Bertz CT molecular complexity index is 632. The Kier molecular flexibility index (Phi) is 6.27. The van der Waals surface area contributed by atoms with E-state index < -0.39 is 0 Å². The molecule has 0 atom stereocenters. The monoisotopic (exact) mass is 362 g/mol. The quantitative estimate of drug-likeness (QED) is 0.827. The van der Waals surface area contributed by atoms with Crippen LogP contribution in [0.15, 0.2) is 6.07 Å². The second-order valence-electron chi connectivity index (χ2n) is 9.11. The molecule has 6 nitrogen and oxygen atoms in total. The lowest BCUT2D eigenvalue weighted by molar-refractivity contribution is -0.139. The summed E-state index contributed by atoms with van der Waals surface area (Å²) in [6, 6.07) is 2.01. The van der Waals surface area contributed by atoms with E-state index >= 15 is 0 Å². The van der Waals surface area contributed by atoms with Gasteiger partial charge in [0.1, 0.15) is 11.6 Å². The molecule has 0 radical (unpaired) electrons. The lowest BCUT2D eigenvalue weighted by Gasteiger charge is -2.29. The van der Waals surface area contributed by atoms with Crippen LogP contribution in [-0.4, -0.2) is 54.1 Å². The SMILES string of the molecule is COCc1cc(N2CCCN(C(=O)C(C)(C)C)CC2)nc(C(C)(C)C)n1. The van der Waals surface area contributed by atoms with Crippen molar-refractivity contribution in [1.29, 1.82) is 0 Å². The molecule has 0 aliphatic carbocycles. The van der Waals surface area contributed by atoms with Crippen molar-refractivity contribution in [3.8, 4) is 0 Å². The topological polar surface area (TPSA) is 58.6 Å². The molecule has 2 rings (SSSR count). The van der Waals surface area contributed by atoms with Gasteiger partial charge in [0.05, 0.1) is 12.3 Å². The zero-order valence-electron chi connectivity index (χ0n) is 17.4. The van der Waals surface area contributed by atoms with Crippen LogP contribution in [0.5, 0.6) is 0 Å². The van der Waals surface area contributed by atoms with Crippen molar-refractivity contribution in [2.75, 3.05) is 38.2 Å². The van der Waals surface area contributed by atoms with Gasteiger partial charge in [-0.05, 0) is 6.42 Å². The van der Waals surface area contributed by atoms with Crippen LogP contribution < -0.4 is 4.90 Å². The van der Waals surface area contributed by atoms with Crippen LogP contribution in [0.3, 0.4) is 0 Å². The van der Waals surface area contributed by atoms with Crippen molar-refractivity contribution in [3.63, 3.8) is 0 Å². The van der Waals surface area contributed by atoms with Crippen LogP contribution in [0, 0.1) is 5.41 Å². The van der Waals surface area contributed by atoms with Crippen molar-refractivity contribution in [2.45, 2.75) is 60.0 Å². The van der Waals surface area contributed by atoms with Crippen LogP contribution >= 0.6 is 0 Å². The maximum Gasteiger partial charge on any atom is 0.228 e. The average Bonchev–Trinajstić information content (AvgIpc) is 2.78. The highest BCUT2D eigenvalue weighted by molar-refractivity contribution is 5.81. The molecule has 1 aromatic rings. The van der Waals surface area contributed by atoms with Crippen LogP contribution in [0.1, 0.15) is 59.5 Å². The fraction of sp³-hybridized carbons (Fsp3) is 0.750. The normalized spacial score (nSPS) is 16.6. The third kappa shape index (κ3) is 5.16. The molecule has 1 aliphatic heterocycles. The van der Waals surface area contributed by atoms with E-state index in [9.17, 15) is 4.79 Å².